The zero-order valence-electron chi connectivity index (χ0n) is 15.0. The third kappa shape index (κ3) is 5.84. The van der Waals surface area contributed by atoms with Crippen LogP contribution in [0.1, 0.15) is 43.4 Å². The summed E-state index contributed by atoms with van der Waals surface area (Å²) in [5.74, 6) is 2.86. The average Bonchev–Trinajstić information content (AvgIpc) is 2.84. The van der Waals surface area contributed by atoms with Crippen LogP contribution in [0.15, 0.2) is 29.3 Å². The fraction of sp³-hybridized carbons (Fsp3) is 0.500. The standard InChI is InChI=1S/C18H25ClN6.HI/c1-2-20-18(21-12-14-7-6-8-15(19)11-14)22-13-17-24-23-16-9-4-3-5-10-25(16)17;/h6-8,11H,2-5,9-10,12-13H2,1H3,(H2,20,21,22);1H. The molecule has 0 saturated heterocycles. The second kappa shape index (κ2) is 10.7. The summed E-state index contributed by atoms with van der Waals surface area (Å²) in [6, 6.07) is 7.78. The Morgan fingerprint density at radius 3 is 2.92 bits per heavy atom. The molecule has 1 aliphatic rings. The van der Waals surface area contributed by atoms with Gasteiger partial charge >= 0.3 is 0 Å². The smallest absolute Gasteiger partial charge is 0.191 e. The molecule has 0 radical (unpaired) electrons. The zero-order chi connectivity index (χ0) is 17.5. The Bertz CT molecular complexity index is 730. The van der Waals surface area contributed by atoms with Crippen molar-refractivity contribution in [2.75, 3.05) is 6.54 Å². The van der Waals surface area contributed by atoms with Crippen molar-refractivity contribution >= 4 is 41.5 Å². The Morgan fingerprint density at radius 1 is 1.23 bits per heavy atom. The number of guanidine groups is 1. The van der Waals surface area contributed by atoms with Gasteiger partial charge in [0.25, 0.3) is 0 Å². The quantitative estimate of drug-likeness (QED) is 0.384. The highest BCUT2D eigenvalue weighted by Gasteiger charge is 2.14. The Balaban J connectivity index is 0.00000243. The molecule has 2 heterocycles. The van der Waals surface area contributed by atoms with E-state index in [1.165, 1.54) is 19.3 Å². The number of aromatic nitrogens is 3. The van der Waals surface area contributed by atoms with Gasteiger partial charge in [-0.15, -0.1) is 34.2 Å². The molecule has 2 aromatic rings. The van der Waals surface area contributed by atoms with Gasteiger partial charge in [0.05, 0.1) is 13.1 Å². The SMILES string of the molecule is CCNC(=NCc1cccc(Cl)c1)NCc1nnc2n1CCCCC2.I. The lowest BCUT2D eigenvalue weighted by molar-refractivity contribution is 0.596. The molecule has 0 aliphatic carbocycles. The van der Waals surface area contributed by atoms with Crippen LogP contribution in [-0.2, 0) is 26.1 Å². The van der Waals surface area contributed by atoms with Crippen LogP contribution in [0.5, 0.6) is 0 Å². The summed E-state index contributed by atoms with van der Waals surface area (Å²) in [5.41, 5.74) is 1.08. The van der Waals surface area contributed by atoms with Crippen molar-refractivity contribution in [3.63, 3.8) is 0 Å². The molecule has 1 aromatic carbocycles. The maximum absolute atomic E-state index is 6.03. The van der Waals surface area contributed by atoms with E-state index in [4.69, 9.17) is 11.6 Å². The van der Waals surface area contributed by atoms with Crippen LogP contribution in [0.3, 0.4) is 0 Å². The van der Waals surface area contributed by atoms with Crippen molar-refractivity contribution in [1.29, 1.82) is 0 Å². The third-order valence-corrected chi connectivity index (χ3v) is 4.49. The maximum atomic E-state index is 6.03. The van der Waals surface area contributed by atoms with Gasteiger partial charge in [-0.2, -0.15) is 0 Å². The van der Waals surface area contributed by atoms with E-state index in [0.717, 1.165) is 47.7 Å². The van der Waals surface area contributed by atoms with Gasteiger partial charge in [0.1, 0.15) is 5.82 Å². The summed E-state index contributed by atoms with van der Waals surface area (Å²) >= 11 is 6.03. The highest BCUT2D eigenvalue weighted by atomic mass is 127. The lowest BCUT2D eigenvalue weighted by Gasteiger charge is -2.12. The van der Waals surface area contributed by atoms with Crippen molar-refractivity contribution in [3.8, 4) is 0 Å². The molecule has 0 unspecified atom stereocenters. The summed E-state index contributed by atoms with van der Waals surface area (Å²) in [6.45, 7) is 5.07. The molecule has 0 saturated carbocycles. The minimum Gasteiger partial charge on any atom is -0.357 e. The van der Waals surface area contributed by atoms with Gasteiger partial charge in [-0.3, -0.25) is 0 Å². The van der Waals surface area contributed by atoms with E-state index in [0.29, 0.717) is 13.1 Å². The highest BCUT2D eigenvalue weighted by molar-refractivity contribution is 14.0. The molecule has 0 amide bonds. The molecule has 1 aromatic heterocycles. The van der Waals surface area contributed by atoms with Crippen molar-refractivity contribution < 1.29 is 0 Å². The van der Waals surface area contributed by atoms with Crippen LogP contribution >= 0.6 is 35.6 Å². The lowest BCUT2D eigenvalue weighted by atomic mass is 10.2. The van der Waals surface area contributed by atoms with Crippen molar-refractivity contribution in [2.45, 2.75) is 52.2 Å². The van der Waals surface area contributed by atoms with Crippen molar-refractivity contribution in [3.05, 3.63) is 46.5 Å². The third-order valence-electron chi connectivity index (χ3n) is 4.25. The number of hydrogen-bond acceptors (Lipinski definition) is 3. The number of fused-ring (bicyclic) bond motifs is 1. The van der Waals surface area contributed by atoms with Crippen LogP contribution in [0, 0.1) is 0 Å². The van der Waals surface area contributed by atoms with Gasteiger partial charge in [-0.1, -0.05) is 30.2 Å². The number of benzene rings is 1. The minimum absolute atomic E-state index is 0. The molecule has 0 fully saturated rings. The molecule has 142 valence electrons. The van der Waals surface area contributed by atoms with Gasteiger partial charge in [0, 0.05) is 24.5 Å². The Hall–Kier alpha value is -1.35. The first-order valence-corrected chi connectivity index (χ1v) is 9.31. The fourth-order valence-corrected chi connectivity index (χ4v) is 3.20. The predicted octanol–water partition coefficient (Wildman–Crippen LogP) is 3.53. The van der Waals surface area contributed by atoms with E-state index in [2.05, 4.69) is 37.3 Å². The number of rotatable bonds is 5. The van der Waals surface area contributed by atoms with E-state index in [1.54, 1.807) is 0 Å². The first-order valence-electron chi connectivity index (χ1n) is 8.94. The second-order valence-corrected chi connectivity index (χ2v) is 6.61. The first kappa shape index (κ1) is 21.0. The molecule has 3 rings (SSSR count). The van der Waals surface area contributed by atoms with Crippen LogP contribution in [0.2, 0.25) is 5.02 Å². The predicted molar refractivity (Wildman–Crippen MR) is 116 cm³/mol. The molecule has 0 spiro atoms. The normalized spacial score (nSPS) is 14.2. The topological polar surface area (TPSA) is 67.1 Å². The number of hydrogen-bond donors (Lipinski definition) is 2. The Labute approximate surface area is 176 Å². The molecule has 0 atom stereocenters. The van der Waals surface area contributed by atoms with Crippen LogP contribution in [-0.4, -0.2) is 27.3 Å². The van der Waals surface area contributed by atoms with Gasteiger partial charge in [0.15, 0.2) is 11.8 Å². The van der Waals surface area contributed by atoms with Crippen molar-refractivity contribution in [2.24, 2.45) is 4.99 Å². The maximum Gasteiger partial charge on any atom is 0.191 e. The highest BCUT2D eigenvalue weighted by Crippen LogP contribution is 2.14. The number of aryl methyl sites for hydroxylation is 1. The summed E-state index contributed by atoms with van der Waals surface area (Å²) in [7, 11) is 0. The summed E-state index contributed by atoms with van der Waals surface area (Å²) < 4.78 is 2.25. The second-order valence-electron chi connectivity index (χ2n) is 6.17. The molecule has 1 aliphatic heterocycles. The number of nitrogens with one attached hydrogen (secondary N) is 2. The van der Waals surface area contributed by atoms with E-state index in [-0.39, 0.29) is 24.0 Å². The molecule has 6 nitrogen and oxygen atoms in total. The molecular formula is C18H26ClIN6. The van der Waals surface area contributed by atoms with E-state index < -0.39 is 0 Å². The molecule has 2 N–H and O–H groups in total. The lowest BCUT2D eigenvalue weighted by Crippen LogP contribution is -2.37. The Kier molecular flexibility index (Phi) is 8.64. The van der Waals surface area contributed by atoms with Crippen LogP contribution in [0.25, 0.3) is 0 Å². The minimum atomic E-state index is 0. The average molecular weight is 489 g/mol. The number of nitrogens with zero attached hydrogens (tertiary/aromatic N) is 4. The van der Waals surface area contributed by atoms with E-state index in [1.807, 2.05) is 24.3 Å². The Morgan fingerprint density at radius 2 is 2.12 bits per heavy atom. The molecule has 8 heteroatoms. The van der Waals surface area contributed by atoms with Crippen molar-refractivity contribution in [1.82, 2.24) is 25.4 Å². The van der Waals surface area contributed by atoms with Gasteiger partial charge in [-0.25, -0.2) is 4.99 Å². The molecular weight excluding hydrogens is 463 g/mol. The zero-order valence-corrected chi connectivity index (χ0v) is 18.1. The van der Waals surface area contributed by atoms with Crippen LogP contribution < -0.4 is 10.6 Å². The number of aliphatic imine (C=N–C) groups is 1. The molecule has 26 heavy (non-hydrogen) atoms. The first-order chi connectivity index (χ1) is 12.3. The van der Waals surface area contributed by atoms with E-state index in [9.17, 15) is 0 Å². The number of halogens is 2. The monoisotopic (exact) mass is 488 g/mol. The molecule has 0 bridgehead atoms. The van der Waals surface area contributed by atoms with Gasteiger partial charge < -0.3 is 15.2 Å². The summed E-state index contributed by atoms with van der Waals surface area (Å²) in [4.78, 5) is 4.63. The summed E-state index contributed by atoms with van der Waals surface area (Å²) in [6.07, 6.45) is 4.69. The van der Waals surface area contributed by atoms with Crippen LogP contribution in [0.4, 0.5) is 0 Å². The van der Waals surface area contributed by atoms with Gasteiger partial charge in [0.2, 0.25) is 0 Å². The summed E-state index contributed by atoms with van der Waals surface area (Å²) in [5, 5.41) is 16.1. The fourth-order valence-electron chi connectivity index (χ4n) is 2.99. The van der Waals surface area contributed by atoms with Gasteiger partial charge in [-0.05, 0) is 37.5 Å². The largest absolute Gasteiger partial charge is 0.357 e. The van der Waals surface area contributed by atoms with E-state index >= 15 is 0 Å².